The summed E-state index contributed by atoms with van der Waals surface area (Å²) in [5.74, 6) is -0.143. The highest BCUT2D eigenvalue weighted by Crippen LogP contribution is 1.82. The van der Waals surface area contributed by atoms with Crippen LogP contribution >= 0.6 is 0 Å². The van der Waals surface area contributed by atoms with E-state index in [9.17, 15) is 4.79 Å². The first-order valence-corrected chi connectivity index (χ1v) is 6.03. The molecule has 0 aliphatic carbocycles. The summed E-state index contributed by atoms with van der Waals surface area (Å²) in [6, 6.07) is 0. The van der Waals surface area contributed by atoms with E-state index in [0.29, 0.717) is 52.8 Å². The predicted molar refractivity (Wildman–Crippen MR) is 66.4 cm³/mol. The van der Waals surface area contributed by atoms with Crippen LogP contribution in [0.4, 0.5) is 0 Å². The van der Waals surface area contributed by atoms with Crippen molar-refractivity contribution in [3.05, 3.63) is 0 Å². The average Bonchev–Trinajstić information content (AvgIpc) is 2.39. The zero-order chi connectivity index (χ0) is 13.5. The monoisotopic (exact) mass is 264 g/mol. The summed E-state index contributed by atoms with van der Waals surface area (Å²) < 4.78 is 20.7. The minimum absolute atomic E-state index is 0.0643. The van der Waals surface area contributed by atoms with Gasteiger partial charge in [-0.2, -0.15) is 0 Å². The van der Waals surface area contributed by atoms with Gasteiger partial charge in [0.2, 0.25) is 5.91 Å². The van der Waals surface area contributed by atoms with Crippen molar-refractivity contribution in [2.45, 2.75) is 0 Å². The lowest BCUT2D eigenvalue weighted by Gasteiger charge is -2.06. The molecule has 0 spiro atoms. The van der Waals surface area contributed by atoms with Crippen LogP contribution in [0.25, 0.3) is 0 Å². The number of hydrogen-bond donors (Lipinski definition) is 2. The molecule has 108 valence electrons. The van der Waals surface area contributed by atoms with Gasteiger partial charge in [-0.3, -0.25) is 4.79 Å². The summed E-state index contributed by atoms with van der Waals surface area (Å²) in [5.41, 5.74) is 5.25. The maximum atomic E-state index is 10.8. The smallest absolute Gasteiger partial charge is 0.245 e. The van der Waals surface area contributed by atoms with Crippen LogP contribution in [-0.2, 0) is 23.7 Å². The Bertz CT molecular complexity index is 192. The molecule has 0 radical (unpaired) electrons. The highest BCUT2D eigenvalue weighted by Gasteiger charge is 1.96. The Labute approximate surface area is 108 Å². The first-order valence-electron chi connectivity index (χ1n) is 6.03. The molecule has 7 nitrogen and oxygen atoms in total. The van der Waals surface area contributed by atoms with E-state index in [4.69, 9.17) is 24.7 Å². The van der Waals surface area contributed by atoms with Crippen LogP contribution < -0.4 is 11.1 Å². The second kappa shape index (κ2) is 14.3. The van der Waals surface area contributed by atoms with Crippen molar-refractivity contribution in [3.63, 3.8) is 0 Å². The van der Waals surface area contributed by atoms with Gasteiger partial charge in [0.25, 0.3) is 0 Å². The quantitative estimate of drug-likeness (QED) is 0.404. The highest BCUT2D eigenvalue weighted by atomic mass is 16.6. The normalized spacial score (nSPS) is 10.6. The van der Waals surface area contributed by atoms with Crippen LogP contribution in [-0.4, -0.2) is 72.4 Å². The molecule has 0 aliphatic heterocycles. The number of rotatable bonds is 13. The number of carbonyl (C=O) groups is 1. The molecule has 0 saturated carbocycles. The van der Waals surface area contributed by atoms with Crippen molar-refractivity contribution in [1.82, 2.24) is 5.32 Å². The van der Waals surface area contributed by atoms with Crippen molar-refractivity contribution in [1.29, 1.82) is 0 Å². The van der Waals surface area contributed by atoms with Crippen LogP contribution in [0, 0.1) is 0 Å². The standard InChI is InChI=1S/C11H24N2O5/c1-13-11(14)10-18-9-8-17-7-6-16-5-4-15-3-2-12/h2-10,12H2,1H3,(H,13,14). The SMILES string of the molecule is CNC(=O)COCCOCCOCCOCCN. The summed E-state index contributed by atoms with van der Waals surface area (Å²) in [6.07, 6.45) is 0. The van der Waals surface area contributed by atoms with E-state index >= 15 is 0 Å². The van der Waals surface area contributed by atoms with Gasteiger partial charge in [-0.05, 0) is 0 Å². The summed E-state index contributed by atoms with van der Waals surface area (Å²) in [7, 11) is 1.57. The van der Waals surface area contributed by atoms with Crippen molar-refractivity contribution in [2.24, 2.45) is 5.73 Å². The Morgan fingerprint density at radius 2 is 1.33 bits per heavy atom. The summed E-state index contributed by atoms with van der Waals surface area (Å²) in [6.45, 7) is 4.10. The van der Waals surface area contributed by atoms with Gasteiger partial charge in [0.15, 0.2) is 0 Å². The first-order chi connectivity index (χ1) is 8.81. The van der Waals surface area contributed by atoms with Crippen LogP contribution in [0.2, 0.25) is 0 Å². The third kappa shape index (κ3) is 13.3. The summed E-state index contributed by atoms with van der Waals surface area (Å²) in [4.78, 5) is 10.8. The Balaban J connectivity index is 2.97. The molecule has 1 amide bonds. The van der Waals surface area contributed by atoms with E-state index in [1.54, 1.807) is 7.05 Å². The van der Waals surface area contributed by atoms with Crippen LogP contribution in [0.1, 0.15) is 0 Å². The van der Waals surface area contributed by atoms with E-state index in [-0.39, 0.29) is 12.5 Å². The molecule has 0 heterocycles. The molecule has 0 unspecified atom stereocenters. The largest absolute Gasteiger partial charge is 0.378 e. The Kier molecular flexibility index (Phi) is 13.8. The van der Waals surface area contributed by atoms with Crippen LogP contribution in [0.15, 0.2) is 0 Å². The molecule has 0 saturated heterocycles. The lowest BCUT2D eigenvalue weighted by Crippen LogP contribution is -2.24. The van der Waals surface area contributed by atoms with Gasteiger partial charge in [-0.15, -0.1) is 0 Å². The molecular formula is C11H24N2O5. The number of nitrogens with one attached hydrogen (secondary N) is 1. The van der Waals surface area contributed by atoms with Gasteiger partial charge in [0, 0.05) is 13.6 Å². The molecule has 0 aromatic carbocycles. The Morgan fingerprint density at radius 3 is 1.78 bits per heavy atom. The van der Waals surface area contributed by atoms with E-state index in [1.165, 1.54) is 0 Å². The molecule has 0 rings (SSSR count). The maximum Gasteiger partial charge on any atom is 0.245 e. The Hall–Kier alpha value is -0.730. The lowest BCUT2D eigenvalue weighted by atomic mass is 10.6. The van der Waals surface area contributed by atoms with E-state index in [2.05, 4.69) is 5.32 Å². The second-order valence-electron chi connectivity index (χ2n) is 3.35. The number of hydrogen-bond acceptors (Lipinski definition) is 6. The number of likely N-dealkylation sites (N-methyl/N-ethyl adjacent to an activating group) is 1. The minimum Gasteiger partial charge on any atom is -0.378 e. The molecule has 0 aliphatic rings. The van der Waals surface area contributed by atoms with Gasteiger partial charge >= 0.3 is 0 Å². The van der Waals surface area contributed by atoms with Gasteiger partial charge in [0.05, 0.1) is 46.2 Å². The third-order valence-electron chi connectivity index (χ3n) is 1.89. The van der Waals surface area contributed by atoms with E-state index in [1.807, 2.05) is 0 Å². The summed E-state index contributed by atoms with van der Waals surface area (Å²) in [5, 5.41) is 2.46. The van der Waals surface area contributed by atoms with Gasteiger partial charge in [-0.25, -0.2) is 0 Å². The zero-order valence-electron chi connectivity index (χ0n) is 11.0. The fraction of sp³-hybridized carbons (Fsp3) is 0.909. The van der Waals surface area contributed by atoms with Crippen molar-refractivity contribution in [3.8, 4) is 0 Å². The number of ether oxygens (including phenoxy) is 4. The molecule has 3 N–H and O–H groups in total. The molecule has 0 fully saturated rings. The fourth-order valence-corrected chi connectivity index (χ4v) is 0.980. The van der Waals surface area contributed by atoms with E-state index in [0.717, 1.165) is 0 Å². The highest BCUT2D eigenvalue weighted by molar-refractivity contribution is 5.76. The second-order valence-corrected chi connectivity index (χ2v) is 3.35. The first kappa shape index (κ1) is 17.3. The van der Waals surface area contributed by atoms with Gasteiger partial charge in [-0.1, -0.05) is 0 Å². The van der Waals surface area contributed by atoms with Crippen LogP contribution in [0.3, 0.4) is 0 Å². The zero-order valence-corrected chi connectivity index (χ0v) is 11.0. The molecular weight excluding hydrogens is 240 g/mol. The van der Waals surface area contributed by atoms with Crippen molar-refractivity contribution < 1.29 is 23.7 Å². The number of nitrogens with two attached hydrogens (primary N) is 1. The van der Waals surface area contributed by atoms with Crippen molar-refractivity contribution in [2.75, 3.05) is 66.4 Å². The maximum absolute atomic E-state index is 10.8. The fourth-order valence-electron chi connectivity index (χ4n) is 0.980. The van der Waals surface area contributed by atoms with Crippen molar-refractivity contribution >= 4 is 5.91 Å². The average molecular weight is 264 g/mol. The third-order valence-corrected chi connectivity index (χ3v) is 1.89. The lowest BCUT2D eigenvalue weighted by molar-refractivity contribution is -0.125. The van der Waals surface area contributed by atoms with Gasteiger partial charge in [0.1, 0.15) is 6.61 Å². The van der Waals surface area contributed by atoms with E-state index < -0.39 is 0 Å². The predicted octanol–water partition coefficient (Wildman–Crippen LogP) is -1.24. The molecule has 0 bridgehead atoms. The molecule has 0 aromatic rings. The molecule has 18 heavy (non-hydrogen) atoms. The Morgan fingerprint density at radius 1 is 0.889 bits per heavy atom. The molecule has 0 aromatic heterocycles. The topological polar surface area (TPSA) is 92.0 Å². The van der Waals surface area contributed by atoms with Crippen LogP contribution in [0.5, 0.6) is 0 Å². The van der Waals surface area contributed by atoms with Gasteiger partial charge < -0.3 is 30.0 Å². The minimum atomic E-state index is -0.143. The summed E-state index contributed by atoms with van der Waals surface area (Å²) >= 11 is 0. The number of carbonyl (C=O) groups excluding carboxylic acids is 1. The molecule has 0 atom stereocenters. The molecule has 7 heteroatoms. The number of amides is 1.